The SMILES string of the molecule is Cc1cccc(-n2nccc2C2CCNCC2)c1. The Hall–Kier alpha value is -1.61. The number of hydrogen-bond acceptors (Lipinski definition) is 2. The zero-order valence-electron chi connectivity index (χ0n) is 10.8. The van der Waals surface area contributed by atoms with Gasteiger partial charge in [0.1, 0.15) is 0 Å². The molecule has 0 unspecified atom stereocenters. The minimum absolute atomic E-state index is 0.634. The van der Waals surface area contributed by atoms with Crippen molar-refractivity contribution < 1.29 is 0 Å². The minimum Gasteiger partial charge on any atom is -0.317 e. The van der Waals surface area contributed by atoms with Crippen molar-refractivity contribution in [1.29, 1.82) is 0 Å². The van der Waals surface area contributed by atoms with E-state index in [4.69, 9.17) is 0 Å². The van der Waals surface area contributed by atoms with Crippen LogP contribution in [0.5, 0.6) is 0 Å². The number of nitrogens with one attached hydrogen (secondary N) is 1. The fourth-order valence-corrected chi connectivity index (χ4v) is 2.72. The number of rotatable bonds is 2. The van der Waals surface area contributed by atoms with E-state index in [9.17, 15) is 0 Å². The van der Waals surface area contributed by atoms with Gasteiger partial charge < -0.3 is 5.32 Å². The Morgan fingerprint density at radius 3 is 2.83 bits per heavy atom. The van der Waals surface area contributed by atoms with Crippen LogP contribution in [0, 0.1) is 6.92 Å². The van der Waals surface area contributed by atoms with Crippen LogP contribution in [-0.4, -0.2) is 22.9 Å². The Bertz CT molecular complexity index is 524. The number of piperidine rings is 1. The molecule has 0 radical (unpaired) electrons. The normalized spacial score (nSPS) is 16.9. The molecule has 0 spiro atoms. The molecule has 0 aliphatic carbocycles. The highest BCUT2D eigenvalue weighted by Crippen LogP contribution is 2.26. The van der Waals surface area contributed by atoms with Crippen LogP contribution in [-0.2, 0) is 0 Å². The van der Waals surface area contributed by atoms with E-state index in [1.807, 2.05) is 6.20 Å². The van der Waals surface area contributed by atoms with E-state index < -0.39 is 0 Å². The van der Waals surface area contributed by atoms with Crippen LogP contribution in [0.15, 0.2) is 36.5 Å². The Kier molecular flexibility index (Phi) is 3.15. The van der Waals surface area contributed by atoms with Crippen LogP contribution in [0.2, 0.25) is 0 Å². The van der Waals surface area contributed by atoms with Gasteiger partial charge in [-0.15, -0.1) is 0 Å². The summed E-state index contributed by atoms with van der Waals surface area (Å²) in [6, 6.07) is 10.7. The van der Waals surface area contributed by atoms with E-state index >= 15 is 0 Å². The van der Waals surface area contributed by atoms with Crippen molar-refractivity contribution in [1.82, 2.24) is 15.1 Å². The van der Waals surface area contributed by atoms with E-state index in [-0.39, 0.29) is 0 Å². The largest absolute Gasteiger partial charge is 0.317 e. The van der Waals surface area contributed by atoms with Crippen LogP contribution in [0.3, 0.4) is 0 Å². The topological polar surface area (TPSA) is 29.9 Å². The van der Waals surface area contributed by atoms with Crippen LogP contribution in [0.4, 0.5) is 0 Å². The van der Waals surface area contributed by atoms with Gasteiger partial charge in [0, 0.05) is 17.8 Å². The first kappa shape index (κ1) is 11.5. The second-order valence-electron chi connectivity index (χ2n) is 5.03. The fourth-order valence-electron chi connectivity index (χ4n) is 2.72. The van der Waals surface area contributed by atoms with Crippen molar-refractivity contribution in [2.45, 2.75) is 25.7 Å². The molecule has 1 aromatic carbocycles. The molecule has 1 saturated heterocycles. The number of aromatic nitrogens is 2. The summed E-state index contributed by atoms with van der Waals surface area (Å²) < 4.78 is 2.10. The van der Waals surface area contributed by atoms with Crippen molar-refractivity contribution in [3.63, 3.8) is 0 Å². The molecule has 2 heterocycles. The van der Waals surface area contributed by atoms with Gasteiger partial charge in [0.05, 0.1) is 5.69 Å². The van der Waals surface area contributed by atoms with E-state index in [2.05, 4.69) is 52.4 Å². The number of benzene rings is 1. The Morgan fingerprint density at radius 1 is 1.22 bits per heavy atom. The second-order valence-corrected chi connectivity index (χ2v) is 5.03. The summed E-state index contributed by atoms with van der Waals surface area (Å²) in [5.74, 6) is 0.634. The molecule has 94 valence electrons. The molecule has 0 atom stereocenters. The van der Waals surface area contributed by atoms with E-state index in [0.717, 1.165) is 13.1 Å². The maximum Gasteiger partial charge on any atom is 0.0651 e. The molecular weight excluding hydrogens is 222 g/mol. The highest BCUT2D eigenvalue weighted by atomic mass is 15.3. The van der Waals surface area contributed by atoms with Gasteiger partial charge in [-0.3, -0.25) is 0 Å². The molecule has 1 aliphatic heterocycles. The van der Waals surface area contributed by atoms with Crippen molar-refractivity contribution in [2.24, 2.45) is 0 Å². The van der Waals surface area contributed by atoms with E-state index in [1.54, 1.807) is 0 Å². The van der Waals surface area contributed by atoms with Crippen molar-refractivity contribution in [3.8, 4) is 5.69 Å². The molecule has 3 heteroatoms. The highest BCUT2D eigenvalue weighted by molar-refractivity contribution is 5.36. The minimum atomic E-state index is 0.634. The molecule has 3 rings (SSSR count). The first-order chi connectivity index (χ1) is 8.84. The zero-order valence-corrected chi connectivity index (χ0v) is 10.8. The lowest BCUT2D eigenvalue weighted by Gasteiger charge is -2.23. The predicted molar refractivity (Wildman–Crippen MR) is 73.1 cm³/mol. The van der Waals surface area contributed by atoms with Gasteiger partial charge in [0.25, 0.3) is 0 Å². The molecule has 1 N–H and O–H groups in total. The fraction of sp³-hybridized carbons (Fsp3) is 0.400. The average Bonchev–Trinajstić information content (AvgIpc) is 2.89. The Morgan fingerprint density at radius 2 is 2.06 bits per heavy atom. The van der Waals surface area contributed by atoms with Gasteiger partial charge >= 0.3 is 0 Å². The third-order valence-corrected chi connectivity index (χ3v) is 3.68. The average molecular weight is 241 g/mol. The van der Waals surface area contributed by atoms with Crippen LogP contribution in [0.25, 0.3) is 5.69 Å². The van der Waals surface area contributed by atoms with Crippen molar-refractivity contribution in [2.75, 3.05) is 13.1 Å². The number of nitrogens with zero attached hydrogens (tertiary/aromatic N) is 2. The van der Waals surface area contributed by atoms with Gasteiger partial charge in [-0.25, -0.2) is 4.68 Å². The van der Waals surface area contributed by atoms with Crippen LogP contribution < -0.4 is 5.32 Å². The summed E-state index contributed by atoms with van der Waals surface area (Å²) in [4.78, 5) is 0. The molecule has 1 aliphatic rings. The molecule has 0 amide bonds. The first-order valence-corrected chi connectivity index (χ1v) is 6.66. The number of hydrogen-bond donors (Lipinski definition) is 1. The Balaban J connectivity index is 1.95. The van der Waals surface area contributed by atoms with Crippen LogP contribution >= 0.6 is 0 Å². The molecule has 0 saturated carbocycles. The highest BCUT2D eigenvalue weighted by Gasteiger charge is 2.19. The predicted octanol–water partition coefficient (Wildman–Crippen LogP) is 2.65. The molecule has 0 bridgehead atoms. The zero-order chi connectivity index (χ0) is 12.4. The van der Waals surface area contributed by atoms with Gasteiger partial charge in [-0.1, -0.05) is 12.1 Å². The second kappa shape index (κ2) is 4.94. The molecule has 3 nitrogen and oxygen atoms in total. The quantitative estimate of drug-likeness (QED) is 0.876. The molecule has 1 aromatic heterocycles. The van der Waals surface area contributed by atoms with Crippen molar-refractivity contribution in [3.05, 3.63) is 47.8 Å². The molecule has 1 fully saturated rings. The van der Waals surface area contributed by atoms with Crippen molar-refractivity contribution >= 4 is 0 Å². The van der Waals surface area contributed by atoms with Gasteiger partial charge in [-0.05, 0) is 56.6 Å². The smallest absolute Gasteiger partial charge is 0.0651 e. The summed E-state index contributed by atoms with van der Waals surface area (Å²) in [6.45, 7) is 4.35. The van der Waals surface area contributed by atoms with E-state index in [0.29, 0.717) is 5.92 Å². The summed E-state index contributed by atoms with van der Waals surface area (Å²) in [7, 11) is 0. The number of aryl methyl sites for hydroxylation is 1. The van der Waals surface area contributed by atoms with Crippen LogP contribution in [0.1, 0.15) is 30.0 Å². The molecule has 2 aromatic rings. The lowest BCUT2D eigenvalue weighted by atomic mass is 9.94. The van der Waals surface area contributed by atoms with Gasteiger partial charge in [0.2, 0.25) is 0 Å². The maximum absolute atomic E-state index is 4.50. The third-order valence-electron chi connectivity index (χ3n) is 3.68. The molecular formula is C15H19N3. The monoisotopic (exact) mass is 241 g/mol. The summed E-state index contributed by atoms with van der Waals surface area (Å²) in [5, 5.41) is 7.91. The standard InChI is InChI=1S/C15H19N3/c1-12-3-2-4-14(11-12)18-15(7-10-17-18)13-5-8-16-9-6-13/h2-4,7,10-11,13,16H,5-6,8-9H2,1H3. The van der Waals surface area contributed by atoms with Gasteiger partial charge in [-0.2, -0.15) is 5.10 Å². The van der Waals surface area contributed by atoms with E-state index in [1.165, 1.54) is 29.8 Å². The lowest BCUT2D eigenvalue weighted by Crippen LogP contribution is -2.27. The summed E-state index contributed by atoms with van der Waals surface area (Å²) >= 11 is 0. The third kappa shape index (κ3) is 2.18. The van der Waals surface area contributed by atoms with Gasteiger partial charge in [0.15, 0.2) is 0 Å². The maximum atomic E-state index is 4.50. The first-order valence-electron chi connectivity index (χ1n) is 6.66. The summed E-state index contributed by atoms with van der Waals surface area (Å²) in [5.41, 5.74) is 3.80. The Labute approximate surface area is 108 Å². The molecule has 18 heavy (non-hydrogen) atoms. The lowest BCUT2D eigenvalue weighted by molar-refractivity contribution is 0.446. The summed E-state index contributed by atoms with van der Waals surface area (Å²) in [6.07, 6.45) is 4.33.